The Kier molecular flexibility index (Phi) is 6.52. The molecule has 3 aliphatic heterocycles. The molecular weight excluding hydrogens is 508 g/mol. The summed E-state index contributed by atoms with van der Waals surface area (Å²) in [5.41, 5.74) is 7.63. The van der Waals surface area contributed by atoms with E-state index < -0.39 is 15.9 Å². The van der Waals surface area contributed by atoms with Gasteiger partial charge >= 0.3 is 0 Å². The van der Waals surface area contributed by atoms with E-state index >= 15 is 0 Å². The quantitative estimate of drug-likeness (QED) is 0.466. The van der Waals surface area contributed by atoms with Crippen LogP contribution in [-0.2, 0) is 10.0 Å². The van der Waals surface area contributed by atoms with Crippen molar-refractivity contribution in [3.63, 3.8) is 0 Å². The van der Waals surface area contributed by atoms with E-state index in [2.05, 4.69) is 36.5 Å². The second-order valence-corrected chi connectivity index (χ2v) is 12.6. The van der Waals surface area contributed by atoms with E-state index in [9.17, 15) is 13.2 Å². The maximum Gasteiger partial charge on any atom is 0.254 e. The predicted octanol–water partition coefficient (Wildman–Crippen LogP) is 1.20. The van der Waals surface area contributed by atoms with E-state index in [0.717, 1.165) is 62.4 Å². The number of piperazine rings is 1. The Morgan fingerprint density at radius 3 is 2.61 bits per heavy atom. The highest BCUT2D eigenvalue weighted by molar-refractivity contribution is 7.88. The average Bonchev–Trinajstić information content (AvgIpc) is 3.72. The summed E-state index contributed by atoms with van der Waals surface area (Å²) >= 11 is 0. The van der Waals surface area contributed by atoms with Gasteiger partial charge < -0.3 is 26.0 Å². The molecule has 0 spiro atoms. The lowest BCUT2D eigenvalue weighted by molar-refractivity contribution is 0.0976. The number of rotatable bonds is 7. The first-order valence-electron chi connectivity index (χ1n) is 13.2. The predicted molar refractivity (Wildman–Crippen MR) is 145 cm³/mol. The second-order valence-electron chi connectivity index (χ2n) is 10.6. The molecule has 6 rings (SSSR count). The molecule has 0 radical (unpaired) electrons. The van der Waals surface area contributed by atoms with Crippen molar-refractivity contribution in [2.75, 3.05) is 61.1 Å². The first-order chi connectivity index (χ1) is 18.2. The van der Waals surface area contributed by atoms with Crippen molar-refractivity contribution in [1.29, 1.82) is 0 Å². The number of ether oxygens (including phenoxy) is 1. The van der Waals surface area contributed by atoms with Gasteiger partial charge in [-0.15, -0.1) is 0 Å². The molecule has 1 amide bonds. The number of benzene rings is 1. The lowest BCUT2D eigenvalue weighted by Gasteiger charge is -2.48. The van der Waals surface area contributed by atoms with Crippen molar-refractivity contribution in [3.8, 4) is 5.75 Å². The zero-order valence-corrected chi connectivity index (χ0v) is 22.3. The minimum Gasteiger partial charge on any atom is -0.489 e. The van der Waals surface area contributed by atoms with Crippen molar-refractivity contribution in [3.05, 3.63) is 30.0 Å². The summed E-state index contributed by atoms with van der Waals surface area (Å²) in [6.45, 7) is 4.52. The molecule has 1 unspecified atom stereocenters. The van der Waals surface area contributed by atoms with Gasteiger partial charge in [0.1, 0.15) is 18.2 Å². The van der Waals surface area contributed by atoms with Crippen molar-refractivity contribution in [2.24, 2.45) is 5.73 Å². The van der Waals surface area contributed by atoms with E-state index in [4.69, 9.17) is 10.5 Å². The number of carbonyl (C=O) groups is 1. The van der Waals surface area contributed by atoms with Gasteiger partial charge in [-0.25, -0.2) is 17.7 Å². The van der Waals surface area contributed by atoms with Crippen LogP contribution in [-0.4, -0.2) is 97.2 Å². The van der Waals surface area contributed by atoms with Gasteiger partial charge in [0.2, 0.25) is 16.0 Å². The number of carbonyl (C=O) groups excluding carboxylic acids is 1. The molecule has 1 atom stereocenters. The van der Waals surface area contributed by atoms with Crippen LogP contribution in [0.15, 0.2) is 24.4 Å². The minimum atomic E-state index is -3.11. The lowest BCUT2D eigenvalue weighted by Crippen LogP contribution is -2.60. The zero-order valence-electron chi connectivity index (χ0n) is 21.5. The van der Waals surface area contributed by atoms with Crippen LogP contribution < -0.4 is 26.0 Å². The number of piperidine rings is 1. The molecule has 1 saturated carbocycles. The minimum absolute atomic E-state index is 0.253. The molecule has 38 heavy (non-hydrogen) atoms. The topological polar surface area (TPSA) is 146 Å². The third-order valence-electron chi connectivity index (χ3n) is 7.85. The molecule has 4 heterocycles. The van der Waals surface area contributed by atoms with E-state index in [0.29, 0.717) is 43.5 Å². The largest absolute Gasteiger partial charge is 0.489 e. The van der Waals surface area contributed by atoms with Gasteiger partial charge in [-0.1, -0.05) is 0 Å². The summed E-state index contributed by atoms with van der Waals surface area (Å²) in [6.07, 6.45) is 6.57. The fraction of sp³-hybridized carbons (Fsp3) is 0.560. The highest BCUT2D eigenvalue weighted by Gasteiger charge is 2.37. The summed E-state index contributed by atoms with van der Waals surface area (Å²) in [5, 5.41) is 6.48. The second kappa shape index (κ2) is 9.86. The summed E-state index contributed by atoms with van der Waals surface area (Å²) in [4.78, 5) is 25.5. The number of nitrogens with one attached hydrogen (secondary N) is 2. The van der Waals surface area contributed by atoms with Crippen LogP contribution in [0, 0.1) is 0 Å². The number of anilines is 4. The first-order valence-corrected chi connectivity index (χ1v) is 15.0. The number of primary amides is 1. The van der Waals surface area contributed by atoms with E-state index in [1.807, 2.05) is 12.1 Å². The Bertz CT molecular complexity index is 1330. The van der Waals surface area contributed by atoms with Crippen molar-refractivity contribution >= 4 is 39.1 Å². The smallest absolute Gasteiger partial charge is 0.254 e. The molecule has 12 nitrogen and oxygen atoms in total. The number of aromatic nitrogens is 2. The normalized spacial score (nSPS) is 22.8. The van der Waals surface area contributed by atoms with E-state index in [1.54, 1.807) is 4.31 Å². The highest BCUT2D eigenvalue weighted by atomic mass is 32.2. The van der Waals surface area contributed by atoms with Crippen LogP contribution in [0.25, 0.3) is 0 Å². The van der Waals surface area contributed by atoms with Gasteiger partial charge in [-0.2, -0.15) is 4.98 Å². The summed E-state index contributed by atoms with van der Waals surface area (Å²) in [7, 11) is -3.11. The number of nitrogens with two attached hydrogens (primary N) is 1. The third-order valence-corrected chi connectivity index (χ3v) is 9.16. The SMILES string of the molecule is CS(=O)(=O)N1CCC(N2CCN3c4ccc(Nc5ncc(C(N)=O)c(NC6CC6)n5)cc4OCC3C2)CC1. The molecule has 1 aromatic heterocycles. The number of hydrogen-bond acceptors (Lipinski definition) is 10. The molecule has 2 saturated heterocycles. The first kappa shape index (κ1) is 25.1. The number of hydrogen-bond donors (Lipinski definition) is 3. The standard InChI is InChI=1S/C25H34N8O4S/c1-38(35,36)32-8-6-18(7-9-32)31-10-11-33-19(14-31)15-37-22-12-17(4-5-21(22)33)29-25-27-13-20(23(26)34)24(30-25)28-16-2-3-16/h4-5,12-13,16,18-19H,2-3,6-11,14-15H2,1H3,(H2,26,34)(H2,27,28,29,30). The molecule has 4 N–H and O–H groups in total. The summed E-state index contributed by atoms with van der Waals surface area (Å²) in [5.74, 6) is 1.08. The van der Waals surface area contributed by atoms with Crippen LogP contribution in [0.1, 0.15) is 36.0 Å². The monoisotopic (exact) mass is 542 g/mol. The van der Waals surface area contributed by atoms with Gasteiger partial charge in [0.05, 0.1) is 23.5 Å². The molecule has 13 heteroatoms. The van der Waals surface area contributed by atoms with E-state index in [1.165, 1.54) is 12.5 Å². The van der Waals surface area contributed by atoms with Crippen molar-refractivity contribution in [1.82, 2.24) is 19.2 Å². The molecule has 1 aromatic carbocycles. The molecule has 4 aliphatic rings. The molecule has 0 bridgehead atoms. The van der Waals surface area contributed by atoms with Crippen LogP contribution in [0.4, 0.5) is 23.1 Å². The maximum atomic E-state index is 11.9. The van der Waals surface area contributed by atoms with Gasteiger partial charge in [-0.05, 0) is 37.8 Å². The number of amides is 1. The molecule has 204 valence electrons. The molecule has 1 aliphatic carbocycles. The summed E-state index contributed by atoms with van der Waals surface area (Å²) in [6, 6.07) is 6.98. The average molecular weight is 543 g/mol. The number of nitrogens with zero attached hydrogens (tertiary/aromatic N) is 5. The Hall–Kier alpha value is -3.16. The number of fused-ring (bicyclic) bond motifs is 3. The van der Waals surface area contributed by atoms with E-state index in [-0.39, 0.29) is 11.6 Å². The van der Waals surface area contributed by atoms with Gasteiger partial charge in [0.25, 0.3) is 5.91 Å². The van der Waals surface area contributed by atoms with Gasteiger partial charge in [0.15, 0.2) is 0 Å². The Labute approximate surface area is 222 Å². The third kappa shape index (κ3) is 5.22. The Balaban J connectivity index is 1.11. The maximum absolute atomic E-state index is 11.9. The van der Waals surface area contributed by atoms with Gasteiger partial charge in [-0.3, -0.25) is 9.69 Å². The number of sulfonamides is 1. The zero-order chi connectivity index (χ0) is 26.4. The fourth-order valence-corrected chi connectivity index (χ4v) is 6.50. The molecule has 2 aromatic rings. The summed E-state index contributed by atoms with van der Waals surface area (Å²) < 4.78 is 31.5. The fourth-order valence-electron chi connectivity index (χ4n) is 5.62. The van der Waals surface area contributed by atoms with Crippen LogP contribution in [0.2, 0.25) is 0 Å². The Morgan fingerprint density at radius 2 is 1.89 bits per heavy atom. The van der Waals surface area contributed by atoms with Crippen LogP contribution in [0.3, 0.4) is 0 Å². The van der Waals surface area contributed by atoms with Crippen LogP contribution >= 0.6 is 0 Å². The Morgan fingerprint density at radius 1 is 1.11 bits per heavy atom. The highest BCUT2D eigenvalue weighted by Crippen LogP contribution is 2.38. The van der Waals surface area contributed by atoms with Crippen molar-refractivity contribution in [2.45, 2.75) is 43.8 Å². The molecular formula is C25H34N8O4S. The lowest BCUT2D eigenvalue weighted by atomic mass is 10.0. The molecule has 3 fully saturated rings. The van der Waals surface area contributed by atoms with Crippen molar-refractivity contribution < 1.29 is 17.9 Å². The van der Waals surface area contributed by atoms with Crippen LogP contribution in [0.5, 0.6) is 5.75 Å². The van der Waals surface area contributed by atoms with Gasteiger partial charge in [0, 0.05) is 62.8 Å².